The number of allylic oxidation sites excluding steroid dienone is 2. The van der Waals surface area contributed by atoms with Crippen molar-refractivity contribution < 1.29 is 14.4 Å². The molecule has 0 radical (unpaired) electrons. The number of hydrogen-bond donors (Lipinski definition) is 3. The summed E-state index contributed by atoms with van der Waals surface area (Å²) in [5, 5.41) is 11.0. The zero-order chi connectivity index (χ0) is 28.6. The molecule has 1 aliphatic carbocycles. The quantitative estimate of drug-likeness (QED) is 0.384. The number of rotatable bonds is 5. The first kappa shape index (κ1) is 27.9. The summed E-state index contributed by atoms with van der Waals surface area (Å²) in [5.41, 5.74) is 11.4. The Morgan fingerprint density at radius 2 is 1.93 bits per heavy atom. The molecule has 1 aromatic rings. The summed E-state index contributed by atoms with van der Waals surface area (Å²) in [6, 6.07) is 3.80. The molecular formula is C31H42N6O3. The summed E-state index contributed by atoms with van der Waals surface area (Å²) >= 11 is 0. The van der Waals surface area contributed by atoms with Crippen LogP contribution in [-0.4, -0.2) is 71.0 Å². The van der Waals surface area contributed by atoms with Crippen molar-refractivity contribution in [1.29, 1.82) is 5.41 Å². The summed E-state index contributed by atoms with van der Waals surface area (Å²) < 4.78 is 0. The Hall–Kier alpha value is -3.62. The average molecular weight is 547 g/mol. The van der Waals surface area contributed by atoms with E-state index >= 15 is 0 Å². The third kappa shape index (κ3) is 5.78. The number of piperidine rings is 1. The van der Waals surface area contributed by atoms with E-state index in [1.165, 1.54) is 11.8 Å². The lowest BCUT2D eigenvalue weighted by molar-refractivity contribution is -0.142. The zero-order valence-corrected chi connectivity index (χ0v) is 24.0. The van der Waals surface area contributed by atoms with Crippen molar-refractivity contribution in [2.45, 2.75) is 71.9 Å². The van der Waals surface area contributed by atoms with E-state index in [0.717, 1.165) is 42.5 Å². The largest absolute Gasteiger partial charge is 0.398 e. The maximum atomic E-state index is 13.8. The molecule has 9 heteroatoms. The summed E-state index contributed by atoms with van der Waals surface area (Å²) in [7, 11) is 0. The molecule has 40 heavy (non-hydrogen) atoms. The van der Waals surface area contributed by atoms with Gasteiger partial charge in [0.1, 0.15) is 0 Å². The molecule has 214 valence electrons. The minimum atomic E-state index is -0.465. The van der Waals surface area contributed by atoms with Gasteiger partial charge in [0.15, 0.2) is 0 Å². The van der Waals surface area contributed by atoms with Gasteiger partial charge < -0.3 is 31.2 Å². The Kier molecular flexibility index (Phi) is 7.75. The Bertz CT molecular complexity index is 1270. The Morgan fingerprint density at radius 3 is 2.62 bits per heavy atom. The first-order valence-corrected chi connectivity index (χ1v) is 14.5. The fourth-order valence-corrected chi connectivity index (χ4v) is 6.55. The van der Waals surface area contributed by atoms with E-state index in [1.807, 2.05) is 20.8 Å². The molecule has 1 aromatic carbocycles. The number of benzene rings is 1. The van der Waals surface area contributed by atoms with Gasteiger partial charge in [0.05, 0.1) is 5.92 Å². The number of fused-ring (bicyclic) bond motifs is 1. The molecule has 0 unspecified atom stereocenters. The number of amides is 4. The molecule has 4 N–H and O–H groups in total. The lowest BCUT2D eigenvalue weighted by Crippen LogP contribution is -2.54. The van der Waals surface area contributed by atoms with Crippen molar-refractivity contribution >= 4 is 29.7 Å². The molecule has 1 fully saturated rings. The molecule has 5 rings (SSSR count). The number of hydrogen-bond acceptors (Lipinski definition) is 5. The molecule has 4 aliphatic rings. The van der Waals surface area contributed by atoms with Crippen LogP contribution in [0.15, 0.2) is 35.6 Å². The molecule has 3 heterocycles. The molecule has 0 bridgehead atoms. The van der Waals surface area contributed by atoms with Crippen LogP contribution in [0.1, 0.15) is 69.6 Å². The van der Waals surface area contributed by atoms with E-state index in [4.69, 9.17) is 11.1 Å². The second-order valence-corrected chi connectivity index (χ2v) is 12.8. The van der Waals surface area contributed by atoms with Gasteiger partial charge in [-0.1, -0.05) is 39.0 Å². The van der Waals surface area contributed by atoms with Gasteiger partial charge in [0, 0.05) is 68.3 Å². The summed E-state index contributed by atoms with van der Waals surface area (Å²) in [6.45, 7) is 9.01. The standard InChI is InChI=1S/C31H42N6O3/c1-31(2,3)19-36-18-25-20(8-9-26(33)24(25)16-32)14-22(29(36)39)15-28(38)35-12-10-23(11-13-35)37-17-21-6-4-5-7-27(21)34-30(37)40/h4,6,8-9,16,22-23,32H,5,7,10-15,17-19,33H2,1-3H3,(H,34,40)/t22-/m0/s1. The molecule has 0 aromatic heterocycles. The molecular weight excluding hydrogens is 504 g/mol. The number of anilines is 1. The molecule has 0 spiro atoms. The SMILES string of the molecule is CC(C)(C)CN1Cc2c(ccc(N)c2C=N)C[C@@H](CC(=O)N2CCC(N3CC4=C(CCC=C4)NC3=O)CC2)C1=O. The number of nitrogens with one attached hydrogen (secondary N) is 2. The zero-order valence-electron chi connectivity index (χ0n) is 24.0. The van der Waals surface area contributed by atoms with E-state index < -0.39 is 5.92 Å². The molecule has 3 aliphatic heterocycles. The van der Waals surface area contributed by atoms with Crippen LogP contribution in [0.25, 0.3) is 0 Å². The van der Waals surface area contributed by atoms with Crippen LogP contribution in [0.5, 0.6) is 0 Å². The smallest absolute Gasteiger partial charge is 0.322 e. The van der Waals surface area contributed by atoms with Crippen LogP contribution in [0.4, 0.5) is 10.5 Å². The summed E-state index contributed by atoms with van der Waals surface area (Å²) in [4.78, 5) is 45.8. The summed E-state index contributed by atoms with van der Waals surface area (Å²) in [5.74, 6) is -0.493. The Balaban J connectivity index is 1.27. The van der Waals surface area contributed by atoms with Crippen LogP contribution < -0.4 is 11.1 Å². The van der Waals surface area contributed by atoms with Gasteiger partial charge >= 0.3 is 6.03 Å². The third-order valence-corrected chi connectivity index (χ3v) is 8.58. The second kappa shape index (κ2) is 11.1. The van der Waals surface area contributed by atoms with Crippen LogP contribution in [0.2, 0.25) is 0 Å². The number of nitrogens with two attached hydrogens (primary N) is 1. The van der Waals surface area contributed by atoms with Gasteiger partial charge in [-0.2, -0.15) is 0 Å². The van der Waals surface area contributed by atoms with E-state index in [1.54, 1.807) is 6.07 Å². The van der Waals surface area contributed by atoms with E-state index in [-0.39, 0.29) is 35.7 Å². The average Bonchev–Trinajstić information content (AvgIpc) is 3.04. The van der Waals surface area contributed by atoms with Crippen LogP contribution in [0, 0.1) is 16.7 Å². The maximum Gasteiger partial charge on any atom is 0.322 e. The van der Waals surface area contributed by atoms with Crippen LogP contribution in [0.3, 0.4) is 0 Å². The number of likely N-dealkylation sites (tertiary alicyclic amines) is 1. The first-order valence-electron chi connectivity index (χ1n) is 14.5. The number of urea groups is 1. The van der Waals surface area contributed by atoms with Gasteiger partial charge in [-0.25, -0.2) is 4.79 Å². The molecule has 4 amide bonds. The fourth-order valence-electron chi connectivity index (χ4n) is 6.55. The minimum absolute atomic E-state index is 0.0121. The van der Waals surface area contributed by atoms with Gasteiger partial charge in [-0.3, -0.25) is 9.59 Å². The molecule has 1 saturated heterocycles. The Labute approximate surface area is 236 Å². The fraction of sp³-hybridized carbons (Fsp3) is 0.548. The van der Waals surface area contributed by atoms with Gasteiger partial charge in [-0.05, 0) is 60.3 Å². The van der Waals surface area contributed by atoms with Gasteiger partial charge in [0.2, 0.25) is 11.8 Å². The number of nitrogens with zero attached hydrogens (tertiary/aromatic N) is 3. The highest BCUT2D eigenvalue weighted by molar-refractivity contribution is 5.90. The van der Waals surface area contributed by atoms with Gasteiger partial charge in [-0.15, -0.1) is 0 Å². The predicted molar refractivity (Wildman–Crippen MR) is 156 cm³/mol. The normalized spacial score (nSPS) is 22.1. The maximum absolute atomic E-state index is 13.8. The number of carbonyl (C=O) groups is 3. The molecule has 9 nitrogen and oxygen atoms in total. The monoisotopic (exact) mass is 546 g/mol. The minimum Gasteiger partial charge on any atom is -0.398 e. The van der Waals surface area contributed by atoms with Crippen molar-refractivity contribution in [3.63, 3.8) is 0 Å². The predicted octanol–water partition coefficient (Wildman–Crippen LogP) is 3.82. The van der Waals surface area contributed by atoms with Crippen molar-refractivity contribution in [2.75, 3.05) is 31.9 Å². The Morgan fingerprint density at radius 1 is 1.18 bits per heavy atom. The van der Waals surface area contributed by atoms with Gasteiger partial charge in [0.25, 0.3) is 0 Å². The molecule has 1 atom stereocenters. The summed E-state index contributed by atoms with van der Waals surface area (Å²) in [6.07, 6.45) is 9.45. The highest BCUT2D eigenvalue weighted by atomic mass is 16.2. The highest BCUT2D eigenvalue weighted by Crippen LogP contribution is 2.32. The highest BCUT2D eigenvalue weighted by Gasteiger charge is 2.37. The van der Waals surface area contributed by atoms with Crippen molar-refractivity contribution in [2.24, 2.45) is 11.3 Å². The van der Waals surface area contributed by atoms with Crippen LogP contribution >= 0.6 is 0 Å². The van der Waals surface area contributed by atoms with Crippen molar-refractivity contribution in [3.05, 3.63) is 52.2 Å². The number of carbonyl (C=O) groups excluding carboxylic acids is 3. The van der Waals surface area contributed by atoms with E-state index in [0.29, 0.717) is 50.4 Å². The van der Waals surface area contributed by atoms with Crippen LogP contribution in [-0.2, 0) is 22.6 Å². The van der Waals surface area contributed by atoms with E-state index in [9.17, 15) is 14.4 Å². The third-order valence-electron chi connectivity index (χ3n) is 8.58. The molecule has 0 saturated carbocycles. The van der Waals surface area contributed by atoms with Crippen molar-refractivity contribution in [3.8, 4) is 0 Å². The number of nitrogen functional groups attached to an aromatic ring is 1. The lowest BCUT2D eigenvalue weighted by Gasteiger charge is -2.41. The topological polar surface area (TPSA) is 123 Å². The second-order valence-electron chi connectivity index (χ2n) is 12.8. The lowest BCUT2D eigenvalue weighted by atomic mass is 9.91. The first-order chi connectivity index (χ1) is 19.0. The van der Waals surface area contributed by atoms with Crippen molar-refractivity contribution in [1.82, 2.24) is 20.0 Å². The van der Waals surface area contributed by atoms with E-state index in [2.05, 4.69) is 38.2 Å².